The van der Waals surface area contributed by atoms with Gasteiger partial charge in [0, 0.05) is 12.2 Å². The summed E-state index contributed by atoms with van der Waals surface area (Å²) >= 11 is 0. The molecule has 0 bridgehead atoms. The van der Waals surface area contributed by atoms with Crippen LogP contribution in [0.4, 0.5) is 11.4 Å². The van der Waals surface area contributed by atoms with E-state index in [4.69, 9.17) is 0 Å². The topological polar surface area (TPSA) is 45.2 Å². The van der Waals surface area contributed by atoms with Crippen LogP contribution in [0, 0.1) is 0 Å². The van der Waals surface area contributed by atoms with Crippen molar-refractivity contribution in [2.24, 2.45) is 0 Å². The van der Waals surface area contributed by atoms with Gasteiger partial charge in [-0.25, -0.2) is 0 Å². The molecule has 4 heteroatoms. The Morgan fingerprint density at radius 1 is 1.57 bits per heavy atom. The largest absolute Gasteiger partial charge is 0.374 e. The first-order valence-electron chi connectivity index (χ1n) is 4.70. The highest BCUT2D eigenvalue weighted by Crippen LogP contribution is 2.29. The van der Waals surface area contributed by atoms with E-state index in [1.807, 2.05) is 19.9 Å². The van der Waals surface area contributed by atoms with Crippen molar-refractivity contribution in [2.75, 3.05) is 16.8 Å². The molecule has 1 aliphatic heterocycles. The highest BCUT2D eigenvalue weighted by molar-refractivity contribution is 6.02. The third kappa shape index (κ3) is 1.32. The van der Waals surface area contributed by atoms with Crippen LogP contribution in [0.15, 0.2) is 18.5 Å². The molecular weight excluding hydrogens is 178 g/mol. The summed E-state index contributed by atoms with van der Waals surface area (Å²) in [6.07, 6.45) is 3.44. The highest BCUT2D eigenvalue weighted by atomic mass is 16.2. The van der Waals surface area contributed by atoms with Crippen molar-refractivity contribution in [3.8, 4) is 0 Å². The summed E-state index contributed by atoms with van der Waals surface area (Å²) in [5.74, 6) is 0.0977. The van der Waals surface area contributed by atoms with Crippen LogP contribution in [0.2, 0.25) is 0 Å². The predicted octanol–water partition coefficient (Wildman–Crippen LogP) is 1.25. The summed E-state index contributed by atoms with van der Waals surface area (Å²) in [6, 6.07) is 2.06. The lowest BCUT2D eigenvalue weighted by atomic mass is 10.2. The summed E-state index contributed by atoms with van der Waals surface area (Å²) in [6.45, 7) is 4.37. The van der Waals surface area contributed by atoms with Crippen molar-refractivity contribution < 1.29 is 4.79 Å². The summed E-state index contributed by atoms with van der Waals surface area (Å²) in [7, 11) is 0. The van der Waals surface area contributed by atoms with Crippen LogP contribution in [-0.2, 0) is 4.79 Å². The van der Waals surface area contributed by atoms with Gasteiger partial charge in [0.15, 0.2) is 0 Å². The second kappa shape index (κ2) is 3.29. The number of carbonyl (C=O) groups is 1. The summed E-state index contributed by atoms with van der Waals surface area (Å²) < 4.78 is 0. The highest BCUT2D eigenvalue weighted by Gasteiger charge is 2.25. The zero-order chi connectivity index (χ0) is 10.1. The number of pyridine rings is 1. The third-order valence-electron chi connectivity index (χ3n) is 2.27. The molecule has 14 heavy (non-hydrogen) atoms. The number of fused-ring (bicyclic) bond motifs is 1. The van der Waals surface area contributed by atoms with E-state index in [-0.39, 0.29) is 11.9 Å². The molecule has 1 amide bonds. The van der Waals surface area contributed by atoms with E-state index in [0.29, 0.717) is 6.54 Å². The van der Waals surface area contributed by atoms with Gasteiger partial charge in [0.25, 0.3) is 0 Å². The van der Waals surface area contributed by atoms with Gasteiger partial charge in [-0.15, -0.1) is 0 Å². The molecule has 0 saturated carbocycles. The molecule has 2 heterocycles. The Kier molecular flexibility index (Phi) is 2.11. The lowest BCUT2D eigenvalue weighted by molar-refractivity contribution is -0.117. The fourth-order valence-corrected chi connectivity index (χ4v) is 1.68. The fourth-order valence-electron chi connectivity index (χ4n) is 1.68. The van der Waals surface area contributed by atoms with Gasteiger partial charge in [-0.2, -0.15) is 0 Å². The lowest BCUT2D eigenvalue weighted by Crippen LogP contribution is -2.44. The molecule has 0 saturated heterocycles. The molecule has 1 N–H and O–H groups in total. The monoisotopic (exact) mass is 191 g/mol. The third-order valence-corrected chi connectivity index (χ3v) is 2.27. The van der Waals surface area contributed by atoms with Crippen LogP contribution in [0.3, 0.4) is 0 Å². The summed E-state index contributed by atoms with van der Waals surface area (Å²) in [4.78, 5) is 17.4. The van der Waals surface area contributed by atoms with Gasteiger partial charge < -0.3 is 10.2 Å². The predicted molar refractivity (Wildman–Crippen MR) is 55.3 cm³/mol. The van der Waals surface area contributed by atoms with E-state index in [2.05, 4.69) is 10.3 Å². The first-order valence-corrected chi connectivity index (χ1v) is 4.70. The molecule has 0 atom stereocenters. The van der Waals surface area contributed by atoms with Gasteiger partial charge in [-0.3, -0.25) is 9.78 Å². The SMILES string of the molecule is CC(C)N1C(=O)CNc2ccncc21. The fraction of sp³-hybridized carbons (Fsp3) is 0.400. The van der Waals surface area contributed by atoms with E-state index in [1.54, 1.807) is 17.3 Å². The average Bonchev–Trinajstić information content (AvgIpc) is 2.17. The van der Waals surface area contributed by atoms with Gasteiger partial charge in [0.05, 0.1) is 24.1 Å². The van der Waals surface area contributed by atoms with Crippen LogP contribution in [0.5, 0.6) is 0 Å². The quantitative estimate of drug-likeness (QED) is 0.726. The number of hydrogen-bond acceptors (Lipinski definition) is 3. The average molecular weight is 191 g/mol. The van der Waals surface area contributed by atoms with Crippen molar-refractivity contribution in [2.45, 2.75) is 19.9 Å². The number of anilines is 2. The Labute approximate surface area is 82.9 Å². The minimum atomic E-state index is 0.0977. The zero-order valence-corrected chi connectivity index (χ0v) is 8.32. The second-order valence-electron chi connectivity index (χ2n) is 3.60. The van der Waals surface area contributed by atoms with Crippen molar-refractivity contribution in [1.82, 2.24) is 4.98 Å². The van der Waals surface area contributed by atoms with Gasteiger partial charge in [-0.05, 0) is 19.9 Å². The van der Waals surface area contributed by atoms with Crippen LogP contribution < -0.4 is 10.2 Å². The van der Waals surface area contributed by atoms with Gasteiger partial charge in [-0.1, -0.05) is 0 Å². The number of nitrogens with zero attached hydrogens (tertiary/aromatic N) is 2. The number of nitrogens with one attached hydrogen (secondary N) is 1. The van der Waals surface area contributed by atoms with Crippen molar-refractivity contribution in [1.29, 1.82) is 0 Å². The Balaban J connectivity index is 2.46. The number of amides is 1. The summed E-state index contributed by atoms with van der Waals surface area (Å²) in [5, 5.41) is 3.07. The molecular formula is C10H13N3O. The number of rotatable bonds is 1. The van der Waals surface area contributed by atoms with Crippen LogP contribution in [0.1, 0.15) is 13.8 Å². The lowest BCUT2D eigenvalue weighted by Gasteiger charge is -2.32. The van der Waals surface area contributed by atoms with Gasteiger partial charge in [0.2, 0.25) is 5.91 Å². The summed E-state index contributed by atoms with van der Waals surface area (Å²) in [5.41, 5.74) is 1.85. The molecule has 0 unspecified atom stereocenters. The van der Waals surface area contributed by atoms with Crippen LogP contribution in [-0.4, -0.2) is 23.5 Å². The van der Waals surface area contributed by atoms with E-state index < -0.39 is 0 Å². The standard InChI is InChI=1S/C10H13N3O/c1-7(2)13-9-5-11-4-3-8(9)12-6-10(13)14/h3-5,7,12H,6H2,1-2H3. The maximum Gasteiger partial charge on any atom is 0.246 e. The number of hydrogen-bond donors (Lipinski definition) is 1. The Hall–Kier alpha value is -1.58. The Morgan fingerprint density at radius 3 is 3.07 bits per heavy atom. The van der Waals surface area contributed by atoms with Crippen molar-refractivity contribution in [3.05, 3.63) is 18.5 Å². The Morgan fingerprint density at radius 2 is 2.36 bits per heavy atom. The molecule has 0 aromatic carbocycles. The molecule has 0 radical (unpaired) electrons. The molecule has 1 aromatic heterocycles. The Bertz CT molecular complexity index is 362. The van der Waals surface area contributed by atoms with E-state index in [1.165, 1.54) is 0 Å². The molecule has 1 aliphatic rings. The van der Waals surface area contributed by atoms with E-state index in [0.717, 1.165) is 11.4 Å². The molecule has 0 spiro atoms. The van der Waals surface area contributed by atoms with Gasteiger partial charge in [0.1, 0.15) is 0 Å². The number of aromatic nitrogens is 1. The van der Waals surface area contributed by atoms with Crippen molar-refractivity contribution >= 4 is 17.3 Å². The van der Waals surface area contributed by atoms with Crippen molar-refractivity contribution in [3.63, 3.8) is 0 Å². The second-order valence-corrected chi connectivity index (χ2v) is 3.60. The molecule has 1 aromatic rings. The molecule has 4 nitrogen and oxygen atoms in total. The number of carbonyl (C=O) groups excluding carboxylic acids is 1. The first kappa shape index (κ1) is 8.99. The van der Waals surface area contributed by atoms with E-state index >= 15 is 0 Å². The molecule has 2 rings (SSSR count). The first-order chi connectivity index (χ1) is 6.70. The molecule has 0 fully saturated rings. The minimum Gasteiger partial charge on any atom is -0.374 e. The molecule has 74 valence electrons. The zero-order valence-electron chi connectivity index (χ0n) is 8.32. The minimum absolute atomic E-state index is 0.0977. The van der Waals surface area contributed by atoms with E-state index in [9.17, 15) is 4.79 Å². The normalized spacial score (nSPS) is 15.4. The maximum atomic E-state index is 11.6. The van der Waals surface area contributed by atoms with Gasteiger partial charge >= 0.3 is 0 Å². The maximum absolute atomic E-state index is 11.6. The van der Waals surface area contributed by atoms with Crippen LogP contribution >= 0.6 is 0 Å². The smallest absolute Gasteiger partial charge is 0.246 e. The van der Waals surface area contributed by atoms with Crippen LogP contribution in [0.25, 0.3) is 0 Å². The molecule has 0 aliphatic carbocycles.